The van der Waals surface area contributed by atoms with Crippen molar-refractivity contribution >= 4 is 23.7 Å². The third-order valence-corrected chi connectivity index (χ3v) is 2.96. The number of nitrogens with two attached hydrogens (primary N) is 1. The zero-order chi connectivity index (χ0) is 10.7. The van der Waals surface area contributed by atoms with Gasteiger partial charge in [-0.2, -0.15) is 0 Å². The first-order valence-electron chi connectivity index (χ1n) is 4.70. The van der Waals surface area contributed by atoms with Crippen molar-refractivity contribution in [1.82, 2.24) is 4.98 Å². The molecule has 2 nitrogen and oxygen atoms in total. The standard InChI is InChI=1S/C11H11FN2S.ClH/c12-9-3-1-8(2-4-9)10-7-15-11(14-10)5-6-13;/h1-4,7H,5-6,13H2;1H. The van der Waals surface area contributed by atoms with Crippen LogP contribution in [-0.4, -0.2) is 11.5 Å². The molecule has 0 spiro atoms. The second kappa shape index (κ2) is 5.94. The summed E-state index contributed by atoms with van der Waals surface area (Å²) in [5.41, 5.74) is 7.28. The number of benzene rings is 1. The monoisotopic (exact) mass is 258 g/mol. The normalized spacial score (nSPS) is 9.88. The SMILES string of the molecule is Cl.NCCc1nc(-c2ccc(F)cc2)cs1. The highest BCUT2D eigenvalue weighted by atomic mass is 35.5. The van der Waals surface area contributed by atoms with E-state index < -0.39 is 0 Å². The second-order valence-electron chi connectivity index (χ2n) is 3.17. The van der Waals surface area contributed by atoms with E-state index >= 15 is 0 Å². The Morgan fingerprint density at radius 3 is 2.56 bits per heavy atom. The van der Waals surface area contributed by atoms with Gasteiger partial charge in [0.1, 0.15) is 5.82 Å². The largest absolute Gasteiger partial charge is 0.330 e. The quantitative estimate of drug-likeness (QED) is 0.920. The van der Waals surface area contributed by atoms with Crippen molar-refractivity contribution in [1.29, 1.82) is 0 Å². The number of halogens is 2. The maximum atomic E-state index is 12.7. The Kier molecular flexibility index (Phi) is 4.86. The van der Waals surface area contributed by atoms with Crippen molar-refractivity contribution in [2.75, 3.05) is 6.54 Å². The van der Waals surface area contributed by atoms with Gasteiger partial charge in [0, 0.05) is 17.4 Å². The Morgan fingerprint density at radius 1 is 1.25 bits per heavy atom. The molecule has 0 bridgehead atoms. The van der Waals surface area contributed by atoms with Crippen LogP contribution < -0.4 is 5.73 Å². The topological polar surface area (TPSA) is 38.9 Å². The molecule has 0 fully saturated rings. The van der Waals surface area contributed by atoms with Crippen LogP contribution in [0.1, 0.15) is 5.01 Å². The van der Waals surface area contributed by atoms with Gasteiger partial charge in [-0.15, -0.1) is 23.7 Å². The molecule has 2 aromatic rings. The van der Waals surface area contributed by atoms with Gasteiger partial charge in [-0.3, -0.25) is 0 Å². The number of aromatic nitrogens is 1. The van der Waals surface area contributed by atoms with E-state index in [9.17, 15) is 4.39 Å². The van der Waals surface area contributed by atoms with Gasteiger partial charge < -0.3 is 5.73 Å². The Morgan fingerprint density at radius 2 is 1.94 bits per heavy atom. The number of thiazole rings is 1. The zero-order valence-corrected chi connectivity index (χ0v) is 10.2. The highest BCUT2D eigenvalue weighted by Crippen LogP contribution is 2.22. The summed E-state index contributed by atoms with van der Waals surface area (Å²) < 4.78 is 12.7. The van der Waals surface area contributed by atoms with Crippen LogP contribution >= 0.6 is 23.7 Å². The van der Waals surface area contributed by atoms with E-state index in [0.717, 1.165) is 22.7 Å². The zero-order valence-electron chi connectivity index (χ0n) is 8.52. The molecule has 1 heterocycles. The minimum atomic E-state index is -0.226. The van der Waals surface area contributed by atoms with Crippen LogP contribution in [0.3, 0.4) is 0 Å². The summed E-state index contributed by atoms with van der Waals surface area (Å²) >= 11 is 1.59. The molecule has 1 aromatic heterocycles. The minimum Gasteiger partial charge on any atom is -0.330 e. The first-order chi connectivity index (χ1) is 7.29. The number of hydrogen-bond acceptors (Lipinski definition) is 3. The molecule has 0 aliphatic heterocycles. The smallest absolute Gasteiger partial charge is 0.123 e. The van der Waals surface area contributed by atoms with E-state index in [1.54, 1.807) is 23.5 Å². The van der Waals surface area contributed by atoms with Crippen molar-refractivity contribution in [3.8, 4) is 11.3 Å². The molecule has 0 saturated heterocycles. The van der Waals surface area contributed by atoms with E-state index in [1.165, 1.54) is 12.1 Å². The average Bonchev–Trinajstić information content (AvgIpc) is 2.68. The lowest BCUT2D eigenvalue weighted by Gasteiger charge is -1.95. The van der Waals surface area contributed by atoms with E-state index in [0.29, 0.717) is 6.54 Å². The molecule has 86 valence electrons. The Hall–Kier alpha value is -0.970. The van der Waals surface area contributed by atoms with Crippen LogP contribution in [0.25, 0.3) is 11.3 Å². The fourth-order valence-corrected chi connectivity index (χ4v) is 2.13. The number of nitrogens with zero attached hydrogens (tertiary/aromatic N) is 1. The fourth-order valence-electron chi connectivity index (χ4n) is 1.30. The Labute approximate surface area is 104 Å². The predicted molar refractivity (Wildman–Crippen MR) is 67.5 cm³/mol. The molecule has 2 N–H and O–H groups in total. The van der Waals surface area contributed by atoms with Crippen LogP contribution in [0.4, 0.5) is 4.39 Å². The lowest BCUT2D eigenvalue weighted by Crippen LogP contribution is -2.01. The maximum absolute atomic E-state index is 12.7. The van der Waals surface area contributed by atoms with Crippen molar-refractivity contribution < 1.29 is 4.39 Å². The van der Waals surface area contributed by atoms with E-state index in [4.69, 9.17) is 5.73 Å². The van der Waals surface area contributed by atoms with E-state index in [1.807, 2.05) is 5.38 Å². The lowest BCUT2D eigenvalue weighted by atomic mass is 10.2. The summed E-state index contributed by atoms with van der Waals surface area (Å²) in [4.78, 5) is 4.42. The summed E-state index contributed by atoms with van der Waals surface area (Å²) in [5.74, 6) is -0.226. The average molecular weight is 259 g/mol. The summed E-state index contributed by atoms with van der Waals surface area (Å²) in [6, 6.07) is 6.35. The molecule has 2 rings (SSSR count). The van der Waals surface area contributed by atoms with Crippen molar-refractivity contribution in [3.05, 3.63) is 40.5 Å². The van der Waals surface area contributed by atoms with Crippen molar-refractivity contribution in [2.24, 2.45) is 5.73 Å². The molecule has 1 aromatic carbocycles. The van der Waals surface area contributed by atoms with Gasteiger partial charge in [0.15, 0.2) is 0 Å². The van der Waals surface area contributed by atoms with Crippen molar-refractivity contribution in [2.45, 2.75) is 6.42 Å². The molecule has 5 heteroatoms. The Bertz CT molecular complexity index is 442. The first kappa shape index (κ1) is 13.1. The number of rotatable bonds is 3. The molecule has 0 radical (unpaired) electrons. The highest BCUT2D eigenvalue weighted by Gasteiger charge is 2.03. The fraction of sp³-hybridized carbons (Fsp3) is 0.182. The van der Waals surface area contributed by atoms with Gasteiger partial charge in [0.25, 0.3) is 0 Å². The lowest BCUT2D eigenvalue weighted by molar-refractivity contribution is 0.628. The Balaban J connectivity index is 0.00000128. The van der Waals surface area contributed by atoms with Gasteiger partial charge in [0.05, 0.1) is 10.7 Å². The molecule has 0 aliphatic carbocycles. The van der Waals surface area contributed by atoms with Gasteiger partial charge in [0.2, 0.25) is 0 Å². The van der Waals surface area contributed by atoms with Crippen molar-refractivity contribution in [3.63, 3.8) is 0 Å². The van der Waals surface area contributed by atoms with Crippen LogP contribution in [0.5, 0.6) is 0 Å². The van der Waals surface area contributed by atoms with Gasteiger partial charge in [-0.05, 0) is 30.8 Å². The molecule has 0 saturated carbocycles. The third-order valence-electron chi connectivity index (χ3n) is 2.05. The molecule has 0 atom stereocenters. The van der Waals surface area contributed by atoms with Crippen LogP contribution in [-0.2, 0) is 6.42 Å². The number of hydrogen-bond donors (Lipinski definition) is 1. The van der Waals surface area contributed by atoms with Crippen LogP contribution in [0.2, 0.25) is 0 Å². The minimum absolute atomic E-state index is 0. The highest BCUT2D eigenvalue weighted by molar-refractivity contribution is 7.09. The maximum Gasteiger partial charge on any atom is 0.123 e. The molecular weight excluding hydrogens is 247 g/mol. The predicted octanol–water partition coefficient (Wildman–Crippen LogP) is 2.87. The van der Waals surface area contributed by atoms with E-state index in [-0.39, 0.29) is 18.2 Å². The van der Waals surface area contributed by atoms with E-state index in [2.05, 4.69) is 4.98 Å². The third kappa shape index (κ3) is 3.01. The second-order valence-corrected chi connectivity index (χ2v) is 4.11. The van der Waals surface area contributed by atoms with Crippen LogP contribution in [0, 0.1) is 5.82 Å². The summed E-state index contributed by atoms with van der Waals surface area (Å²) in [6.45, 7) is 0.608. The van der Waals surface area contributed by atoms with Crippen LogP contribution in [0.15, 0.2) is 29.6 Å². The molecule has 0 unspecified atom stereocenters. The van der Waals surface area contributed by atoms with Gasteiger partial charge >= 0.3 is 0 Å². The molecular formula is C11H12ClFN2S. The molecule has 16 heavy (non-hydrogen) atoms. The molecule has 0 amide bonds. The molecule has 0 aliphatic rings. The summed E-state index contributed by atoms with van der Waals surface area (Å²) in [6.07, 6.45) is 0.797. The summed E-state index contributed by atoms with van der Waals surface area (Å²) in [5, 5.41) is 3.00. The van der Waals surface area contributed by atoms with Gasteiger partial charge in [-0.25, -0.2) is 9.37 Å². The van der Waals surface area contributed by atoms with Gasteiger partial charge in [-0.1, -0.05) is 0 Å². The first-order valence-corrected chi connectivity index (χ1v) is 5.58. The summed E-state index contributed by atoms with van der Waals surface area (Å²) in [7, 11) is 0.